The molecule has 0 unspecified atom stereocenters. The maximum absolute atomic E-state index is 13.1. The van der Waals surface area contributed by atoms with Gasteiger partial charge in [-0.25, -0.2) is 13.2 Å². The van der Waals surface area contributed by atoms with Crippen molar-refractivity contribution in [1.82, 2.24) is 13.8 Å². The maximum Gasteiger partial charge on any atom is 0.420 e. The molecule has 1 amide bonds. The van der Waals surface area contributed by atoms with Gasteiger partial charge in [-0.2, -0.15) is 4.31 Å². The number of rotatable bonds is 7. The van der Waals surface area contributed by atoms with E-state index in [0.717, 1.165) is 24.8 Å². The molecule has 4 rings (SSSR count). The molecule has 2 heterocycles. The molecule has 0 N–H and O–H groups in total. The molecule has 0 saturated carbocycles. The van der Waals surface area contributed by atoms with E-state index in [9.17, 15) is 18.0 Å². The molecule has 0 aliphatic carbocycles. The first-order valence-corrected chi connectivity index (χ1v) is 12.7. The SMILES string of the molecule is CC(C)N(Cc1ccccc1)C(=O)Cn1c(=O)oc2cc(S(=O)(=O)N3CCCCC3)ccc21. The Balaban J connectivity index is 1.60. The zero-order chi connectivity index (χ0) is 23.6. The van der Waals surface area contributed by atoms with Crippen LogP contribution < -0.4 is 5.76 Å². The minimum atomic E-state index is -3.65. The summed E-state index contributed by atoms with van der Waals surface area (Å²) in [4.78, 5) is 27.5. The molecule has 1 aromatic heterocycles. The molecule has 2 aromatic carbocycles. The number of hydrogen-bond acceptors (Lipinski definition) is 5. The number of fused-ring (bicyclic) bond motifs is 1. The third-order valence-electron chi connectivity index (χ3n) is 6.03. The topological polar surface area (TPSA) is 92.8 Å². The number of amides is 1. The number of aromatic nitrogens is 1. The Morgan fingerprint density at radius 1 is 1.06 bits per heavy atom. The number of nitrogens with zero attached hydrogens (tertiary/aromatic N) is 3. The molecule has 8 nitrogen and oxygen atoms in total. The molecule has 176 valence electrons. The number of benzene rings is 2. The first-order chi connectivity index (χ1) is 15.8. The zero-order valence-corrected chi connectivity index (χ0v) is 19.8. The number of oxazole rings is 1. The van der Waals surface area contributed by atoms with Gasteiger partial charge in [0.2, 0.25) is 15.9 Å². The Hall–Kier alpha value is -2.91. The summed E-state index contributed by atoms with van der Waals surface area (Å²) < 4.78 is 34.0. The van der Waals surface area contributed by atoms with Crippen molar-refractivity contribution in [1.29, 1.82) is 0 Å². The maximum atomic E-state index is 13.1. The predicted octanol–water partition coefficient (Wildman–Crippen LogP) is 3.21. The second kappa shape index (κ2) is 9.52. The zero-order valence-electron chi connectivity index (χ0n) is 18.9. The van der Waals surface area contributed by atoms with Crippen molar-refractivity contribution in [3.8, 4) is 0 Å². The van der Waals surface area contributed by atoms with Crippen molar-refractivity contribution in [3.05, 3.63) is 64.6 Å². The van der Waals surface area contributed by atoms with Crippen molar-refractivity contribution in [2.45, 2.75) is 57.1 Å². The van der Waals surface area contributed by atoms with Gasteiger partial charge in [-0.1, -0.05) is 36.8 Å². The van der Waals surface area contributed by atoms with Gasteiger partial charge in [-0.3, -0.25) is 9.36 Å². The molecule has 0 spiro atoms. The minimum Gasteiger partial charge on any atom is -0.408 e. The normalized spacial score (nSPS) is 15.2. The van der Waals surface area contributed by atoms with E-state index in [4.69, 9.17) is 4.42 Å². The molecule has 1 aliphatic rings. The van der Waals surface area contributed by atoms with E-state index in [1.807, 2.05) is 44.2 Å². The van der Waals surface area contributed by atoms with E-state index in [0.29, 0.717) is 25.2 Å². The summed E-state index contributed by atoms with van der Waals surface area (Å²) in [6.45, 7) is 5.08. The van der Waals surface area contributed by atoms with E-state index < -0.39 is 15.8 Å². The molecule has 1 saturated heterocycles. The molecule has 0 atom stereocenters. The smallest absolute Gasteiger partial charge is 0.408 e. The second-order valence-electron chi connectivity index (χ2n) is 8.65. The van der Waals surface area contributed by atoms with Gasteiger partial charge in [0.1, 0.15) is 6.54 Å². The number of hydrogen-bond donors (Lipinski definition) is 0. The lowest BCUT2D eigenvalue weighted by molar-refractivity contribution is -0.134. The monoisotopic (exact) mass is 471 g/mol. The highest BCUT2D eigenvalue weighted by Gasteiger charge is 2.27. The van der Waals surface area contributed by atoms with Gasteiger partial charge < -0.3 is 9.32 Å². The lowest BCUT2D eigenvalue weighted by Crippen LogP contribution is -2.39. The number of carbonyl (C=O) groups excluding carboxylic acids is 1. The van der Waals surface area contributed by atoms with E-state index in [-0.39, 0.29) is 29.0 Å². The Morgan fingerprint density at radius 3 is 2.42 bits per heavy atom. The average Bonchev–Trinajstić information content (AvgIpc) is 3.12. The van der Waals surface area contributed by atoms with E-state index >= 15 is 0 Å². The lowest BCUT2D eigenvalue weighted by atomic mass is 10.2. The van der Waals surface area contributed by atoms with Crippen LogP contribution in [0.1, 0.15) is 38.7 Å². The molecule has 1 fully saturated rings. The molecule has 0 bridgehead atoms. The first kappa shape index (κ1) is 23.3. The van der Waals surface area contributed by atoms with Gasteiger partial charge in [0.05, 0.1) is 10.4 Å². The van der Waals surface area contributed by atoms with Crippen LogP contribution in [0.3, 0.4) is 0 Å². The van der Waals surface area contributed by atoms with Crippen LogP contribution in [0.2, 0.25) is 0 Å². The van der Waals surface area contributed by atoms with Gasteiger partial charge in [-0.05, 0) is 44.4 Å². The number of piperidine rings is 1. The molecule has 1 aliphatic heterocycles. The minimum absolute atomic E-state index is 0.0622. The Kier molecular flexibility index (Phi) is 6.71. The van der Waals surface area contributed by atoms with Crippen molar-refractivity contribution >= 4 is 27.0 Å². The Bertz CT molecular complexity index is 1290. The lowest BCUT2D eigenvalue weighted by Gasteiger charge is -2.27. The van der Waals surface area contributed by atoms with E-state index in [1.54, 1.807) is 11.0 Å². The van der Waals surface area contributed by atoms with Gasteiger partial charge in [0.25, 0.3) is 0 Å². The summed E-state index contributed by atoms with van der Waals surface area (Å²) in [5.41, 5.74) is 1.55. The largest absolute Gasteiger partial charge is 0.420 e. The summed E-state index contributed by atoms with van der Waals surface area (Å²) in [7, 11) is -3.65. The number of sulfonamides is 1. The first-order valence-electron chi connectivity index (χ1n) is 11.2. The van der Waals surface area contributed by atoms with Crippen LogP contribution in [-0.4, -0.2) is 47.2 Å². The molecule has 0 radical (unpaired) electrons. The molecular weight excluding hydrogens is 442 g/mol. The average molecular weight is 472 g/mol. The highest BCUT2D eigenvalue weighted by molar-refractivity contribution is 7.89. The van der Waals surface area contributed by atoms with E-state index in [2.05, 4.69) is 0 Å². The fourth-order valence-corrected chi connectivity index (χ4v) is 5.71. The quantitative estimate of drug-likeness (QED) is 0.528. The standard InChI is InChI=1S/C24H29N3O5S/c1-18(2)26(16-19-9-5-3-6-10-19)23(28)17-27-21-12-11-20(15-22(21)32-24(27)29)33(30,31)25-13-7-4-8-14-25/h3,5-6,9-12,15,18H,4,7-8,13-14,16-17H2,1-2H3. The van der Waals surface area contributed by atoms with Gasteiger partial charge in [-0.15, -0.1) is 0 Å². The molecular formula is C24H29N3O5S. The summed E-state index contributed by atoms with van der Waals surface area (Å²) in [5, 5.41) is 0. The summed E-state index contributed by atoms with van der Waals surface area (Å²) in [5.74, 6) is -0.905. The third kappa shape index (κ3) is 4.89. The van der Waals surface area contributed by atoms with Crippen molar-refractivity contribution in [2.75, 3.05) is 13.1 Å². The van der Waals surface area contributed by atoms with Crippen LogP contribution in [0, 0.1) is 0 Å². The summed E-state index contributed by atoms with van der Waals surface area (Å²) in [6.07, 6.45) is 2.70. The van der Waals surface area contributed by atoms with Crippen LogP contribution >= 0.6 is 0 Å². The van der Waals surface area contributed by atoms with E-state index in [1.165, 1.54) is 21.0 Å². The fourth-order valence-electron chi connectivity index (χ4n) is 4.18. The van der Waals surface area contributed by atoms with Crippen LogP contribution in [0.4, 0.5) is 0 Å². The van der Waals surface area contributed by atoms with Crippen LogP contribution in [0.5, 0.6) is 0 Å². The van der Waals surface area contributed by atoms with Crippen LogP contribution in [0.25, 0.3) is 11.1 Å². The van der Waals surface area contributed by atoms with Gasteiger partial charge >= 0.3 is 5.76 Å². The second-order valence-corrected chi connectivity index (χ2v) is 10.6. The third-order valence-corrected chi connectivity index (χ3v) is 7.92. The highest BCUT2D eigenvalue weighted by atomic mass is 32.2. The summed E-state index contributed by atoms with van der Waals surface area (Å²) >= 11 is 0. The van der Waals surface area contributed by atoms with Crippen LogP contribution in [0.15, 0.2) is 62.6 Å². The van der Waals surface area contributed by atoms with Crippen molar-refractivity contribution < 1.29 is 17.6 Å². The van der Waals surface area contributed by atoms with Crippen molar-refractivity contribution in [3.63, 3.8) is 0 Å². The van der Waals surface area contributed by atoms with Crippen LogP contribution in [-0.2, 0) is 27.9 Å². The van der Waals surface area contributed by atoms with Gasteiger partial charge in [0, 0.05) is 31.7 Å². The molecule has 3 aromatic rings. The Labute approximate surface area is 193 Å². The Morgan fingerprint density at radius 2 is 1.76 bits per heavy atom. The number of carbonyl (C=O) groups is 1. The summed E-state index contributed by atoms with van der Waals surface area (Å²) in [6, 6.07) is 14.0. The van der Waals surface area contributed by atoms with Gasteiger partial charge in [0.15, 0.2) is 5.58 Å². The molecule has 9 heteroatoms. The fraction of sp³-hybridized carbons (Fsp3) is 0.417. The highest BCUT2D eigenvalue weighted by Crippen LogP contribution is 2.24. The predicted molar refractivity (Wildman–Crippen MR) is 125 cm³/mol. The van der Waals surface area contributed by atoms with Crippen molar-refractivity contribution in [2.24, 2.45) is 0 Å². The molecule has 33 heavy (non-hydrogen) atoms.